The van der Waals surface area contributed by atoms with Gasteiger partial charge in [0, 0.05) is 19.4 Å². The molecule has 8 nitrogen and oxygen atoms in total. The number of benzene rings is 1. The zero-order valence-electron chi connectivity index (χ0n) is 17.6. The van der Waals surface area contributed by atoms with Crippen molar-refractivity contribution in [2.24, 2.45) is 13.0 Å². The minimum Gasteiger partial charge on any atom is -0.341 e. The van der Waals surface area contributed by atoms with Gasteiger partial charge in [0.2, 0.25) is 5.91 Å². The molecule has 1 atom stereocenters. The molecule has 1 spiro atoms. The Kier molecular flexibility index (Phi) is 5.51. The number of nitrogens with zero attached hydrogens (tertiary/aromatic N) is 3. The van der Waals surface area contributed by atoms with Crippen molar-refractivity contribution in [3.63, 3.8) is 0 Å². The van der Waals surface area contributed by atoms with Gasteiger partial charge in [0.1, 0.15) is 29.8 Å². The van der Waals surface area contributed by atoms with Gasteiger partial charge in [0.05, 0.1) is 0 Å². The normalized spacial score (nSPS) is 24.4. The monoisotopic (exact) mass is 427 g/mol. The molecule has 1 saturated carbocycles. The molecule has 1 saturated heterocycles. The first-order valence-corrected chi connectivity index (χ1v) is 10.5. The van der Waals surface area contributed by atoms with Gasteiger partial charge < -0.3 is 15.2 Å². The number of carbonyl (C=O) groups is 3. The summed E-state index contributed by atoms with van der Waals surface area (Å²) >= 11 is 0. The molecule has 9 heteroatoms. The molecular weight excluding hydrogens is 401 g/mol. The highest BCUT2D eigenvalue weighted by Crippen LogP contribution is 2.36. The number of urea groups is 1. The van der Waals surface area contributed by atoms with Crippen LogP contribution >= 0.6 is 0 Å². The molecule has 164 valence electrons. The molecule has 4 rings (SSSR count). The summed E-state index contributed by atoms with van der Waals surface area (Å²) in [5, 5.41) is 5.67. The van der Waals surface area contributed by atoms with Crippen LogP contribution in [0.4, 0.5) is 9.18 Å². The lowest BCUT2D eigenvalue weighted by atomic mass is 9.77. The molecule has 1 aliphatic heterocycles. The van der Waals surface area contributed by atoms with Gasteiger partial charge in [-0.05, 0) is 49.3 Å². The van der Waals surface area contributed by atoms with Crippen LogP contribution in [0.5, 0.6) is 0 Å². The van der Waals surface area contributed by atoms with Crippen LogP contribution in [0.1, 0.15) is 50.0 Å². The number of carbonyl (C=O) groups excluding carboxylic acids is 3. The maximum absolute atomic E-state index is 13.4. The summed E-state index contributed by atoms with van der Waals surface area (Å²) in [6.45, 7) is 1.75. The van der Waals surface area contributed by atoms with Crippen LogP contribution < -0.4 is 10.6 Å². The van der Waals surface area contributed by atoms with Crippen LogP contribution in [0.2, 0.25) is 0 Å². The van der Waals surface area contributed by atoms with Crippen LogP contribution in [0, 0.1) is 11.7 Å². The molecule has 31 heavy (non-hydrogen) atoms. The first-order valence-electron chi connectivity index (χ1n) is 10.5. The van der Waals surface area contributed by atoms with Crippen molar-refractivity contribution in [1.82, 2.24) is 25.1 Å². The Labute approximate surface area is 179 Å². The van der Waals surface area contributed by atoms with E-state index in [0.29, 0.717) is 30.1 Å². The molecule has 1 aromatic heterocycles. The molecule has 0 radical (unpaired) electrons. The van der Waals surface area contributed by atoms with Crippen molar-refractivity contribution in [3.05, 3.63) is 53.9 Å². The van der Waals surface area contributed by atoms with E-state index >= 15 is 0 Å². The van der Waals surface area contributed by atoms with E-state index in [2.05, 4.69) is 22.5 Å². The number of halogens is 1. The third-order valence-electron chi connectivity index (χ3n) is 6.30. The molecule has 4 amide bonds. The number of rotatable bonds is 5. The minimum atomic E-state index is -0.889. The number of amides is 4. The van der Waals surface area contributed by atoms with E-state index in [1.165, 1.54) is 12.1 Å². The Bertz CT molecular complexity index is 995. The van der Waals surface area contributed by atoms with E-state index in [1.54, 1.807) is 36.1 Å². The highest BCUT2D eigenvalue weighted by Gasteiger charge is 2.52. The van der Waals surface area contributed by atoms with Crippen LogP contribution in [0.3, 0.4) is 0 Å². The summed E-state index contributed by atoms with van der Waals surface area (Å²) in [7, 11) is 1.79. The fourth-order valence-electron chi connectivity index (χ4n) is 4.37. The number of hydrogen-bond acceptors (Lipinski definition) is 4. The molecule has 1 unspecified atom stereocenters. The summed E-state index contributed by atoms with van der Waals surface area (Å²) < 4.78 is 15.1. The first-order chi connectivity index (χ1) is 14.8. The number of aryl methyl sites for hydroxylation is 1. The van der Waals surface area contributed by atoms with Crippen LogP contribution in [-0.4, -0.2) is 44.4 Å². The number of hydrogen-bond donors (Lipinski definition) is 2. The molecule has 2 aromatic rings. The highest BCUT2D eigenvalue weighted by atomic mass is 19.1. The van der Waals surface area contributed by atoms with E-state index in [9.17, 15) is 18.8 Å². The van der Waals surface area contributed by atoms with Crippen molar-refractivity contribution in [2.45, 2.75) is 44.2 Å². The summed E-state index contributed by atoms with van der Waals surface area (Å²) in [6, 6.07) is 4.57. The number of imide groups is 1. The Hall–Kier alpha value is -3.23. The van der Waals surface area contributed by atoms with Crippen LogP contribution in [-0.2, 0) is 16.6 Å². The smallest absolute Gasteiger partial charge is 0.325 e. The van der Waals surface area contributed by atoms with Crippen molar-refractivity contribution in [1.29, 1.82) is 0 Å². The largest absolute Gasteiger partial charge is 0.341 e. The summed E-state index contributed by atoms with van der Waals surface area (Å²) in [6.07, 6.45) is 6.23. The topological polar surface area (TPSA) is 96.3 Å². The van der Waals surface area contributed by atoms with E-state index < -0.39 is 23.5 Å². The predicted molar refractivity (Wildman–Crippen MR) is 110 cm³/mol. The van der Waals surface area contributed by atoms with Crippen molar-refractivity contribution in [3.8, 4) is 0 Å². The van der Waals surface area contributed by atoms with Gasteiger partial charge in [-0.15, -0.1) is 0 Å². The van der Waals surface area contributed by atoms with Gasteiger partial charge in [0.15, 0.2) is 0 Å². The summed E-state index contributed by atoms with van der Waals surface area (Å²) in [5.41, 5.74) is -0.251. The molecular formula is C22H26FN5O3. The molecule has 2 aliphatic rings. The van der Waals surface area contributed by atoms with Gasteiger partial charge in [0.25, 0.3) is 5.91 Å². The second kappa shape index (κ2) is 8.13. The minimum absolute atomic E-state index is 0.338. The Balaban J connectivity index is 1.50. The third kappa shape index (κ3) is 4.04. The maximum atomic E-state index is 13.4. The second-order valence-corrected chi connectivity index (χ2v) is 8.53. The summed E-state index contributed by atoms with van der Waals surface area (Å²) in [5.74, 6) is -0.158. The first kappa shape index (κ1) is 21.0. The number of nitrogens with one attached hydrogen (secondary N) is 2. The van der Waals surface area contributed by atoms with Gasteiger partial charge >= 0.3 is 6.03 Å². The van der Waals surface area contributed by atoms with Gasteiger partial charge in [-0.3, -0.25) is 14.5 Å². The maximum Gasteiger partial charge on any atom is 0.325 e. The fourth-order valence-corrected chi connectivity index (χ4v) is 4.37. The van der Waals surface area contributed by atoms with Crippen molar-refractivity contribution >= 4 is 17.8 Å². The number of imidazole rings is 1. The lowest BCUT2D eigenvalue weighted by Crippen LogP contribution is -2.50. The van der Waals surface area contributed by atoms with Gasteiger partial charge in [-0.1, -0.05) is 19.1 Å². The number of aromatic nitrogens is 2. The van der Waals surface area contributed by atoms with E-state index in [1.807, 2.05) is 0 Å². The van der Waals surface area contributed by atoms with Crippen LogP contribution in [0.15, 0.2) is 36.7 Å². The Morgan fingerprint density at radius 1 is 1.29 bits per heavy atom. The molecule has 1 aromatic carbocycles. The summed E-state index contributed by atoms with van der Waals surface area (Å²) in [4.78, 5) is 43.7. The molecule has 2 fully saturated rings. The van der Waals surface area contributed by atoms with Crippen LogP contribution in [0.25, 0.3) is 0 Å². The lowest BCUT2D eigenvalue weighted by Gasteiger charge is -2.33. The quantitative estimate of drug-likeness (QED) is 0.716. The average Bonchev–Trinajstić information content (AvgIpc) is 3.26. The molecule has 0 bridgehead atoms. The SMILES string of the molecule is CC1CCC2(CC1)NC(=O)N(CC(=O)NC(c1ccc(F)cc1)c1nccn1C)C2=O. The highest BCUT2D eigenvalue weighted by molar-refractivity contribution is 6.09. The Morgan fingerprint density at radius 2 is 1.97 bits per heavy atom. The molecule has 1 aliphatic carbocycles. The van der Waals surface area contributed by atoms with E-state index in [-0.39, 0.29) is 18.3 Å². The van der Waals surface area contributed by atoms with Crippen molar-refractivity contribution in [2.75, 3.05) is 6.54 Å². The molecule has 2 heterocycles. The second-order valence-electron chi connectivity index (χ2n) is 8.53. The fraction of sp³-hybridized carbons (Fsp3) is 0.455. The zero-order chi connectivity index (χ0) is 22.2. The van der Waals surface area contributed by atoms with Crippen molar-refractivity contribution < 1.29 is 18.8 Å². The Morgan fingerprint density at radius 3 is 2.58 bits per heavy atom. The van der Waals surface area contributed by atoms with Gasteiger partial charge in [-0.2, -0.15) is 0 Å². The van der Waals surface area contributed by atoms with E-state index in [4.69, 9.17) is 0 Å². The lowest BCUT2D eigenvalue weighted by molar-refractivity contribution is -0.136. The average molecular weight is 427 g/mol. The zero-order valence-corrected chi connectivity index (χ0v) is 17.6. The third-order valence-corrected chi connectivity index (χ3v) is 6.30. The van der Waals surface area contributed by atoms with E-state index in [0.717, 1.165) is 17.7 Å². The molecule has 2 N–H and O–H groups in total. The standard InChI is InChI=1S/C22H26FN5O3/c1-14-7-9-22(10-8-14)20(30)28(21(31)26-22)13-17(29)25-18(19-24-11-12-27(19)2)15-3-5-16(23)6-4-15/h3-6,11-12,14,18H,7-10,13H2,1-2H3,(H,25,29)(H,26,31). The predicted octanol–water partition coefficient (Wildman–Crippen LogP) is 2.27. The van der Waals surface area contributed by atoms with Gasteiger partial charge in [-0.25, -0.2) is 14.2 Å².